The molecule has 1 saturated heterocycles. The van der Waals surface area contributed by atoms with E-state index >= 15 is 0 Å². The Morgan fingerprint density at radius 1 is 1.31 bits per heavy atom. The summed E-state index contributed by atoms with van der Waals surface area (Å²) in [6.07, 6.45) is 0. The third-order valence-corrected chi connectivity index (χ3v) is 2.40. The molecule has 1 aliphatic rings. The normalized spacial score (nSPS) is 15.2. The van der Waals surface area contributed by atoms with Gasteiger partial charge in [0.15, 0.2) is 0 Å². The molecule has 0 spiro atoms. The van der Waals surface area contributed by atoms with Gasteiger partial charge in [0.25, 0.3) is 0 Å². The van der Waals surface area contributed by atoms with E-state index < -0.39 is 0 Å². The Hall–Kier alpha value is -2.04. The fourth-order valence-corrected chi connectivity index (χ4v) is 1.56. The number of nitrogens with one attached hydrogen (secondary N) is 1. The fourth-order valence-electron chi connectivity index (χ4n) is 1.56. The van der Waals surface area contributed by atoms with Crippen molar-refractivity contribution in [3.8, 4) is 5.75 Å². The lowest BCUT2D eigenvalue weighted by Crippen LogP contribution is -2.27. The molecular formula is C11H12N2O3. The zero-order chi connectivity index (χ0) is 11.5. The number of imide groups is 1. The van der Waals surface area contributed by atoms with E-state index in [1.54, 1.807) is 7.11 Å². The topological polar surface area (TPSA) is 58.6 Å². The molecule has 0 aliphatic carbocycles. The van der Waals surface area contributed by atoms with E-state index in [1.807, 2.05) is 24.3 Å². The second-order valence-electron chi connectivity index (χ2n) is 3.56. The molecule has 3 amide bonds. The van der Waals surface area contributed by atoms with Crippen LogP contribution in [0.4, 0.5) is 4.79 Å². The monoisotopic (exact) mass is 220 g/mol. The van der Waals surface area contributed by atoms with Crippen LogP contribution in [-0.4, -0.2) is 30.5 Å². The quantitative estimate of drug-likeness (QED) is 0.764. The van der Waals surface area contributed by atoms with Crippen molar-refractivity contribution in [1.29, 1.82) is 0 Å². The molecular weight excluding hydrogens is 208 g/mol. The molecule has 5 nitrogen and oxygen atoms in total. The van der Waals surface area contributed by atoms with Gasteiger partial charge in [0.1, 0.15) is 12.3 Å². The maximum absolute atomic E-state index is 11.3. The van der Waals surface area contributed by atoms with Crippen molar-refractivity contribution in [1.82, 2.24) is 10.2 Å². The first-order chi connectivity index (χ1) is 7.69. The number of hydrogen-bond acceptors (Lipinski definition) is 3. The summed E-state index contributed by atoms with van der Waals surface area (Å²) in [5, 5.41) is 2.23. The third kappa shape index (κ3) is 2.13. The highest BCUT2D eigenvalue weighted by Crippen LogP contribution is 2.13. The van der Waals surface area contributed by atoms with Crippen LogP contribution < -0.4 is 10.1 Å². The molecule has 1 aromatic rings. The number of carbonyl (C=O) groups is 2. The van der Waals surface area contributed by atoms with Gasteiger partial charge >= 0.3 is 6.03 Å². The lowest BCUT2D eigenvalue weighted by molar-refractivity contribution is -0.118. The molecule has 1 heterocycles. The van der Waals surface area contributed by atoms with Crippen molar-refractivity contribution in [2.24, 2.45) is 0 Å². The minimum absolute atomic E-state index is 0.130. The third-order valence-electron chi connectivity index (χ3n) is 2.40. The Bertz CT molecular complexity index is 414. The van der Waals surface area contributed by atoms with Gasteiger partial charge < -0.3 is 9.64 Å². The van der Waals surface area contributed by atoms with Crippen molar-refractivity contribution in [2.45, 2.75) is 6.54 Å². The average Bonchev–Trinajstić information content (AvgIpc) is 2.59. The van der Waals surface area contributed by atoms with Gasteiger partial charge in [0.05, 0.1) is 7.11 Å². The molecule has 1 aliphatic heterocycles. The average molecular weight is 220 g/mol. The molecule has 0 aromatic heterocycles. The van der Waals surface area contributed by atoms with E-state index in [9.17, 15) is 9.59 Å². The lowest BCUT2D eigenvalue weighted by atomic mass is 10.2. The second kappa shape index (κ2) is 4.22. The summed E-state index contributed by atoms with van der Waals surface area (Å²) < 4.78 is 5.03. The Morgan fingerprint density at radius 3 is 2.50 bits per heavy atom. The minimum Gasteiger partial charge on any atom is -0.497 e. The van der Waals surface area contributed by atoms with Gasteiger partial charge in [-0.1, -0.05) is 12.1 Å². The van der Waals surface area contributed by atoms with Crippen LogP contribution in [0.3, 0.4) is 0 Å². The fraction of sp³-hybridized carbons (Fsp3) is 0.273. The van der Waals surface area contributed by atoms with Crippen molar-refractivity contribution in [2.75, 3.05) is 13.7 Å². The van der Waals surface area contributed by atoms with E-state index in [4.69, 9.17) is 4.74 Å². The number of hydrogen-bond donors (Lipinski definition) is 1. The van der Waals surface area contributed by atoms with E-state index in [-0.39, 0.29) is 18.5 Å². The van der Waals surface area contributed by atoms with Crippen molar-refractivity contribution in [3.63, 3.8) is 0 Å². The molecule has 0 unspecified atom stereocenters. The highest BCUT2D eigenvalue weighted by molar-refractivity contribution is 6.01. The summed E-state index contributed by atoms with van der Waals surface area (Å²) in [5.41, 5.74) is 0.964. The van der Waals surface area contributed by atoms with Gasteiger partial charge in [-0.15, -0.1) is 0 Å². The van der Waals surface area contributed by atoms with Crippen molar-refractivity contribution in [3.05, 3.63) is 29.8 Å². The largest absolute Gasteiger partial charge is 0.497 e. The van der Waals surface area contributed by atoms with Gasteiger partial charge in [-0.2, -0.15) is 0 Å². The van der Waals surface area contributed by atoms with Gasteiger partial charge in [-0.3, -0.25) is 10.1 Å². The van der Waals surface area contributed by atoms with Crippen LogP contribution in [0.25, 0.3) is 0 Å². The first-order valence-corrected chi connectivity index (χ1v) is 4.91. The van der Waals surface area contributed by atoms with Crippen LogP contribution in [0.5, 0.6) is 5.75 Å². The molecule has 0 bridgehead atoms. The molecule has 0 saturated carbocycles. The molecule has 16 heavy (non-hydrogen) atoms. The number of methoxy groups -OCH3 is 1. The molecule has 1 fully saturated rings. The van der Waals surface area contributed by atoms with E-state index in [0.717, 1.165) is 11.3 Å². The molecule has 2 rings (SSSR count). The smallest absolute Gasteiger partial charge is 0.324 e. The van der Waals surface area contributed by atoms with Crippen molar-refractivity contribution >= 4 is 11.9 Å². The summed E-state index contributed by atoms with van der Waals surface area (Å²) >= 11 is 0. The summed E-state index contributed by atoms with van der Waals surface area (Å²) in [6, 6.07) is 7.06. The maximum Gasteiger partial charge on any atom is 0.324 e. The Kier molecular flexibility index (Phi) is 2.76. The first kappa shape index (κ1) is 10.5. The predicted octanol–water partition coefficient (Wildman–Crippen LogP) is 0.747. The first-order valence-electron chi connectivity index (χ1n) is 4.91. The lowest BCUT2D eigenvalue weighted by Gasteiger charge is -2.13. The van der Waals surface area contributed by atoms with Crippen LogP contribution in [0.1, 0.15) is 5.56 Å². The van der Waals surface area contributed by atoms with Gasteiger partial charge in [0, 0.05) is 6.54 Å². The molecule has 84 valence electrons. The summed E-state index contributed by atoms with van der Waals surface area (Å²) in [4.78, 5) is 23.7. The minimum atomic E-state index is -0.333. The molecule has 0 radical (unpaired) electrons. The van der Waals surface area contributed by atoms with Crippen LogP contribution in [-0.2, 0) is 11.3 Å². The summed E-state index contributed by atoms with van der Waals surface area (Å²) in [5.74, 6) is 0.518. The Balaban J connectivity index is 2.03. The van der Waals surface area contributed by atoms with Crippen LogP contribution in [0.15, 0.2) is 24.3 Å². The SMILES string of the molecule is COc1ccc(CN2CC(=O)NC2=O)cc1. The highest BCUT2D eigenvalue weighted by Gasteiger charge is 2.26. The molecule has 5 heteroatoms. The Labute approximate surface area is 93.0 Å². The second-order valence-corrected chi connectivity index (χ2v) is 3.56. The van der Waals surface area contributed by atoms with Crippen LogP contribution in [0, 0.1) is 0 Å². The van der Waals surface area contributed by atoms with E-state index in [1.165, 1.54) is 4.90 Å². The van der Waals surface area contributed by atoms with E-state index in [0.29, 0.717) is 6.54 Å². The zero-order valence-corrected chi connectivity index (χ0v) is 8.90. The number of carbonyl (C=O) groups excluding carboxylic acids is 2. The predicted molar refractivity (Wildman–Crippen MR) is 56.9 cm³/mol. The summed E-state index contributed by atoms with van der Waals surface area (Å²) in [7, 11) is 1.60. The van der Waals surface area contributed by atoms with Gasteiger partial charge in [-0.05, 0) is 17.7 Å². The number of benzene rings is 1. The van der Waals surface area contributed by atoms with E-state index in [2.05, 4.69) is 5.32 Å². The highest BCUT2D eigenvalue weighted by atomic mass is 16.5. The Morgan fingerprint density at radius 2 is 2.00 bits per heavy atom. The number of urea groups is 1. The van der Waals surface area contributed by atoms with Gasteiger partial charge in [-0.25, -0.2) is 4.79 Å². The molecule has 1 aromatic carbocycles. The summed E-state index contributed by atoms with van der Waals surface area (Å²) in [6.45, 7) is 0.562. The maximum atomic E-state index is 11.3. The zero-order valence-electron chi connectivity index (χ0n) is 8.90. The number of amides is 3. The van der Waals surface area contributed by atoms with Crippen molar-refractivity contribution < 1.29 is 14.3 Å². The number of ether oxygens (including phenoxy) is 1. The molecule has 1 N–H and O–H groups in total. The molecule has 0 atom stereocenters. The van der Waals surface area contributed by atoms with Crippen LogP contribution >= 0.6 is 0 Å². The number of rotatable bonds is 3. The van der Waals surface area contributed by atoms with Crippen LogP contribution in [0.2, 0.25) is 0 Å². The van der Waals surface area contributed by atoms with Gasteiger partial charge in [0.2, 0.25) is 5.91 Å². The standard InChI is InChI=1S/C11H12N2O3/c1-16-9-4-2-8(3-5-9)6-13-7-10(14)12-11(13)15/h2-5H,6-7H2,1H3,(H,12,14,15). The number of nitrogens with zero attached hydrogens (tertiary/aromatic N) is 1.